The lowest BCUT2D eigenvalue weighted by Crippen LogP contribution is -2.12. The molecule has 0 aliphatic heterocycles. The third kappa shape index (κ3) is 2.02. The molecule has 0 aromatic heterocycles. The number of aliphatic carboxylic acids is 1. The minimum absolute atomic E-state index is 0.489. The predicted molar refractivity (Wildman–Crippen MR) is 55.7 cm³/mol. The molecule has 0 unspecified atom stereocenters. The topological polar surface area (TPSA) is 57.5 Å². The van der Waals surface area contributed by atoms with Gasteiger partial charge < -0.3 is 10.2 Å². The van der Waals surface area contributed by atoms with Crippen molar-refractivity contribution in [2.24, 2.45) is 0 Å². The van der Waals surface area contributed by atoms with Crippen LogP contribution in [0, 0.1) is 0 Å². The van der Waals surface area contributed by atoms with Crippen molar-refractivity contribution < 1.29 is 15.0 Å². The molecule has 3 heteroatoms. The van der Waals surface area contributed by atoms with E-state index in [0.717, 1.165) is 19.3 Å². The van der Waals surface area contributed by atoms with Gasteiger partial charge in [0.25, 0.3) is 0 Å². The molecule has 0 spiro atoms. The van der Waals surface area contributed by atoms with Gasteiger partial charge in [0, 0.05) is 0 Å². The number of fused-ring (bicyclic) bond motifs is 1. The minimum atomic E-state index is -1.39. The van der Waals surface area contributed by atoms with E-state index in [1.165, 1.54) is 17.5 Å². The zero-order valence-corrected chi connectivity index (χ0v) is 8.44. The Labute approximate surface area is 88.4 Å². The lowest BCUT2D eigenvalue weighted by Gasteiger charge is -2.17. The fourth-order valence-electron chi connectivity index (χ4n) is 2.07. The van der Waals surface area contributed by atoms with Crippen LogP contribution >= 0.6 is 0 Å². The average molecular weight is 206 g/mol. The average Bonchev–Trinajstić information content (AvgIpc) is 2.27. The summed E-state index contributed by atoms with van der Waals surface area (Å²) in [4.78, 5) is 10.6. The second-order valence-corrected chi connectivity index (χ2v) is 3.98. The smallest absolute Gasteiger partial charge is 0.337 e. The summed E-state index contributed by atoms with van der Waals surface area (Å²) in [6.45, 7) is 0. The number of carbonyl (C=O) groups is 1. The van der Waals surface area contributed by atoms with E-state index in [1.54, 1.807) is 6.07 Å². The highest BCUT2D eigenvalue weighted by atomic mass is 16.4. The van der Waals surface area contributed by atoms with Crippen LogP contribution in [-0.4, -0.2) is 16.2 Å². The third-order valence-corrected chi connectivity index (χ3v) is 2.92. The van der Waals surface area contributed by atoms with Gasteiger partial charge in [-0.2, -0.15) is 0 Å². The minimum Gasteiger partial charge on any atom is -0.479 e. The molecule has 2 rings (SSSR count). The van der Waals surface area contributed by atoms with Crippen LogP contribution in [0.5, 0.6) is 0 Å². The van der Waals surface area contributed by atoms with Gasteiger partial charge in [0.05, 0.1) is 0 Å². The van der Waals surface area contributed by atoms with Gasteiger partial charge >= 0.3 is 5.97 Å². The van der Waals surface area contributed by atoms with E-state index < -0.39 is 12.1 Å². The number of hydrogen-bond acceptors (Lipinski definition) is 2. The maximum absolute atomic E-state index is 10.6. The highest BCUT2D eigenvalue weighted by Crippen LogP contribution is 2.24. The molecule has 0 radical (unpaired) electrons. The Morgan fingerprint density at radius 2 is 1.87 bits per heavy atom. The molecular formula is C12H14O3. The first-order valence-corrected chi connectivity index (χ1v) is 5.21. The Morgan fingerprint density at radius 1 is 1.20 bits per heavy atom. The molecule has 1 aliphatic carbocycles. The number of hydrogen-bond donors (Lipinski definition) is 2. The van der Waals surface area contributed by atoms with Gasteiger partial charge in [0.15, 0.2) is 6.10 Å². The van der Waals surface area contributed by atoms with Crippen molar-refractivity contribution in [2.45, 2.75) is 31.8 Å². The molecule has 3 nitrogen and oxygen atoms in total. The van der Waals surface area contributed by atoms with Crippen molar-refractivity contribution in [3.05, 3.63) is 34.9 Å². The highest BCUT2D eigenvalue weighted by Gasteiger charge is 2.18. The van der Waals surface area contributed by atoms with Gasteiger partial charge in [-0.3, -0.25) is 0 Å². The SMILES string of the molecule is O=C(O)[C@H](O)c1ccc2c(c1)CCCC2. The van der Waals surface area contributed by atoms with Gasteiger partial charge in [0.1, 0.15) is 0 Å². The zero-order chi connectivity index (χ0) is 10.8. The second kappa shape index (κ2) is 4.03. The lowest BCUT2D eigenvalue weighted by atomic mass is 9.89. The molecule has 0 bridgehead atoms. The van der Waals surface area contributed by atoms with E-state index in [2.05, 4.69) is 0 Å². The van der Waals surface area contributed by atoms with E-state index >= 15 is 0 Å². The number of aryl methyl sites for hydroxylation is 2. The normalized spacial score (nSPS) is 16.9. The molecule has 0 amide bonds. The van der Waals surface area contributed by atoms with E-state index in [-0.39, 0.29) is 0 Å². The van der Waals surface area contributed by atoms with Crippen LogP contribution in [0.15, 0.2) is 18.2 Å². The molecule has 2 N–H and O–H groups in total. The van der Waals surface area contributed by atoms with Crippen LogP contribution in [0.3, 0.4) is 0 Å². The summed E-state index contributed by atoms with van der Waals surface area (Å²) in [6, 6.07) is 5.48. The highest BCUT2D eigenvalue weighted by molar-refractivity contribution is 5.74. The largest absolute Gasteiger partial charge is 0.479 e. The van der Waals surface area contributed by atoms with E-state index in [0.29, 0.717) is 5.56 Å². The van der Waals surface area contributed by atoms with Crippen molar-refractivity contribution in [1.82, 2.24) is 0 Å². The third-order valence-electron chi connectivity index (χ3n) is 2.92. The number of aliphatic hydroxyl groups is 1. The van der Waals surface area contributed by atoms with Crippen molar-refractivity contribution in [1.29, 1.82) is 0 Å². The van der Waals surface area contributed by atoms with Crippen LogP contribution in [-0.2, 0) is 17.6 Å². The zero-order valence-electron chi connectivity index (χ0n) is 8.44. The van der Waals surface area contributed by atoms with Gasteiger partial charge in [-0.15, -0.1) is 0 Å². The number of aliphatic hydroxyl groups excluding tert-OH is 1. The first kappa shape index (κ1) is 10.2. The summed E-state index contributed by atoms with van der Waals surface area (Å²) in [5.74, 6) is -1.19. The number of carboxylic acids is 1. The van der Waals surface area contributed by atoms with E-state index in [1.807, 2.05) is 12.1 Å². The fourth-order valence-corrected chi connectivity index (χ4v) is 2.07. The summed E-state index contributed by atoms with van der Waals surface area (Å²) >= 11 is 0. The standard InChI is InChI=1S/C12H14O3/c13-11(12(14)15)10-6-5-8-3-1-2-4-9(8)7-10/h5-7,11,13H,1-4H2,(H,14,15)/t11-/m1/s1. The van der Waals surface area contributed by atoms with Crippen molar-refractivity contribution in [3.63, 3.8) is 0 Å². The molecule has 0 saturated heterocycles. The maximum atomic E-state index is 10.6. The molecular weight excluding hydrogens is 192 g/mol. The molecule has 0 fully saturated rings. The van der Waals surface area contributed by atoms with Gasteiger partial charge in [-0.05, 0) is 42.4 Å². The predicted octanol–water partition coefficient (Wildman–Crippen LogP) is 1.68. The quantitative estimate of drug-likeness (QED) is 0.774. The number of rotatable bonds is 2. The van der Waals surface area contributed by atoms with Crippen molar-refractivity contribution in [2.75, 3.05) is 0 Å². The van der Waals surface area contributed by atoms with Gasteiger partial charge in [0.2, 0.25) is 0 Å². The summed E-state index contributed by atoms with van der Waals surface area (Å²) in [5.41, 5.74) is 2.98. The lowest BCUT2D eigenvalue weighted by molar-refractivity contribution is -0.146. The Morgan fingerprint density at radius 3 is 2.53 bits per heavy atom. The Bertz CT molecular complexity index is 384. The second-order valence-electron chi connectivity index (χ2n) is 3.98. The Hall–Kier alpha value is -1.35. The summed E-state index contributed by atoms with van der Waals surface area (Å²) in [6.07, 6.45) is 3.03. The molecule has 1 atom stereocenters. The van der Waals surface area contributed by atoms with Gasteiger partial charge in [-0.1, -0.05) is 18.2 Å². The summed E-state index contributed by atoms with van der Waals surface area (Å²) in [7, 11) is 0. The van der Waals surface area contributed by atoms with Crippen molar-refractivity contribution >= 4 is 5.97 Å². The molecule has 1 aromatic rings. The summed E-state index contributed by atoms with van der Waals surface area (Å²) in [5, 5.41) is 18.1. The molecule has 1 aromatic carbocycles. The molecule has 15 heavy (non-hydrogen) atoms. The molecule has 80 valence electrons. The maximum Gasteiger partial charge on any atom is 0.337 e. The molecule has 0 saturated carbocycles. The fraction of sp³-hybridized carbons (Fsp3) is 0.417. The van der Waals surface area contributed by atoms with E-state index in [9.17, 15) is 9.90 Å². The van der Waals surface area contributed by atoms with Crippen LogP contribution in [0.1, 0.15) is 35.6 Å². The number of benzene rings is 1. The van der Waals surface area contributed by atoms with Crippen LogP contribution in [0.25, 0.3) is 0 Å². The summed E-state index contributed by atoms with van der Waals surface area (Å²) < 4.78 is 0. The van der Waals surface area contributed by atoms with Crippen LogP contribution < -0.4 is 0 Å². The van der Waals surface area contributed by atoms with Crippen LogP contribution in [0.4, 0.5) is 0 Å². The first-order valence-electron chi connectivity index (χ1n) is 5.21. The first-order chi connectivity index (χ1) is 7.18. The van der Waals surface area contributed by atoms with Crippen LogP contribution in [0.2, 0.25) is 0 Å². The Balaban J connectivity index is 2.31. The molecule has 1 aliphatic rings. The number of carboxylic acid groups (broad SMARTS) is 1. The monoisotopic (exact) mass is 206 g/mol. The van der Waals surface area contributed by atoms with Gasteiger partial charge in [-0.25, -0.2) is 4.79 Å². The Kier molecular flexibility index (Phi) is 2.73. The van der Waals surface area contributed by atoms with Crippen molar-refractivity contribution in [3.8, 4) is 0 Å². The molecule has 0 heterocycles. The van der Waals surface area contributed by atoms with E-state index in [4.69, 9.17) is 5.11 Å².